The summed E-state index contributed by atoms with van der Waals surface area (Å²) in [5.74, 6) is 2.71. The van der Waals surface area contributed by atoms with E-state index in [4.69, 9.17) is 11.1 Å². The van der Waals surface area contributed by atoms with Gasteiger partial charge in [0.1, 0.15) is 5.84 Å². The van der Waals surface area contributed by atoms with Crippen LogP contribution in [-0.2, 0) is 0 Å². The zero-order chi connectivity index (χ0) is 9.14. The van der Waals surface area contributed by atoms with E-state index in [9.17, 15) is 0 Å². The van der Waals surface area contributed by atoms with Crippen LogP contribution in [0, 0.1) is 5.41 Å². The molecule has 2 atom stereocenters. The van der Waals surface area contributed by atoms with Crippen LogP contribution in [0.15, 0.2) is 0 Å². The summed E-state index contributed by atoms with van der Waals surface area (Å²) in [5, 5.41) is 7.32. The Kier molecular flexibility index (Phi) is 3.40. The summed E-state index contributed by atoms with van der Waals surface area (Å²) in [6.45, 7) is 1.99. The van der Waals surface area contributed by atoms with Gasteiger partial charge in [0.2, 0.25) is 0 Å². The van der Waals surface area contributed by atoms with E-state index in [1.807, 2.05) is 18.7 Å². The lowest BCUT2D eigenvalue weighted by Crippen LogP contribution is -2.45. The Balaban J connectivity index is 2.44. The zero-order valence-corrected chi connectivity index (χ0v) is 8.53. The minimum absolute atomic E-state index is 0.0914. The van der Waals surface area contributed by atoms with Gasteiger partial charge in [0.15, 0.2) is 0 Å². The highest BCUT2D eigenvalue weighted by atomic mass is 32.2. The van der Waals surface area contributed by atoms with Gasteiger partial charge in [-0.1, -0.05) is 0 Å². The second-order valence-corrected chi connectivity index (χ2v) is 4.46. The number of nitrogens with one attached hydrogen (secondary N) is 1. The summed E-state index contributed by atoms with van der Waals surface area (Å²) in [7, 11) is 2.06. The summed E-state index contributed by atoms with van der Waals surface area (Å²) in [6.07, 6.45) is 1.23. The number of hydrogen-bond acceptors (Lipinski definition) is 3. The van der Waals surface area contributed by atoms with E-state index < -0.39 is 0 Å². The van der Waals surface area contributed by atoms with Crippen molar-refractivity contribution in [1.82, 2.24) is 4.90 Å². The van der Waals surface area contributed by atoms with Crippen LogP contribution in [0.4, 0.5) is 0 Å². The number of likely N-dealkylation sites (N-methyl/N-ethyl adjacent to an activating group) is 1. The molecular weight excluding hydrogens is 170 g/mol. The first kappa shape index (κ1) is 9.86. The summed E-state index contributed by atoms with van der Waals surface area (Å²) in [6, 6.07) is 0.711. The molecule has 0 spiro atoms. The van der Waals surface area contributed by atoms with Crippen molar-refractivity contribution in [3.05, 3.63) is 0 Å². The van der Waals surface area contributed by atoms with Crippen LogP contribution in [0.2, 0.25) is 0 Å². The van der Waals surface area contributed by atoms with Crippen molar-refractivity contribution >= 4 is 17.6 Å². The molecule has 0 aromatic heterocycles. The molecule has 0 aliphatic carbocycles. The summed E-state index contributed by atoms with van der Waals surface area (Å²) < 4.78 is 0. The second kappa shape index (κ2) is 4.14. The van der Waals surface area contributed by atoms with Gasteiger partial charge in [0.25, 0.3) is 0 Å². The fourth-order valence-corrected chi connectivity index (χ4v) is 2.66. The van der Waals surface area contributed by atoms with Gasteiger partial charge in [0, 0.05) is 11.8 Å². The smallest absolute Gasteiger partial charge is 0.108 e. The molecule has 1 heterocycles. The Morgan fingerprint density at radius 1 is 1.75 bits per heavy atom. The number of rotatable bonds is 3. The van der Waals surface area contributed by atoms with Gasteiger partial charge >= 0.3 is 0 Å². The highest BCUT2D eigenvalue weighted by Gasteiger charge is 2.24. The van der Waals surface area contributed by atoms with Crippen molar-refractivity contribution in [1.29, 1.82) is 5.41 Å². The first-order valence-corrected chi connectivity index (χ1v) is 5.42. The average molecular weight is 187 g/mol. The van der Waals surface area contributed by atoms with Crippen molar-refractivity contribution in [2.45, 2.75) is 25.4 Å². The van der Waals surface area contributed by atoms with Gasteiger partial charge in [-0.25, -0.2) is 0 Å². The molecule has 0 saturated carbocycles. The molecule has 3 N–H and O–H groups in total. The van der Waals surface area contributed by atoms with Crippen LogP contribution in [0.1, 0.15) is 13.3 Å². The molecular formula is C8H17N3S. The van der Waals surface area contributed by atoms with E-state index in [-0.39, 0.29) is 11.9 Å². The minimum Gasteiger partial charge on any atom is -0.386 e. The fourth-order valence-electron chi connectivity index (χ4n) is 1.38. The molecule has 1 fully saturated rings. The lowest BCUT2D eigenvalue weighted by Gasteiger charge is -2.29. The number of nitrogens with two attached hydrogens (primary N) is 1. The van der Waals surface area contributed by atoms with Gasteiger partial charge in [-0.2, -0.15) is 11.8 Å². The molecule has 0 aromatic carbocycles. The minimum atomic E-state index is 0.0914. The largest absolute Gasteiger partial charge is 0.386 e. The molecule has 1 rings (SSSR count). The normalized spacial score (nSPS) is 26.1. The van der Waals surface area contributed by atoms with Gasteiger partial charge in [-0.05, 0) is 26.1 Å². The standard InChI is InChI=1S/C8H17N3S/c1-6(8(9)10)11(2)7-3-4-12-5-7/h6-7H,3-5H2,1-2H3,(H3,9,10). The number of thioether (sulfide) groups is 1. The monoisotopic (exact) mass is 187 g/mol. The molecule has 1 aliphatic rings. The Morgan fingerprint density at radius 2 is 2.42 bits per heavy atom. The Labute approximate surface area is 78.2 Å². The van der Waals surface area contributed by atoms with Crippen molar-refractivity contribution in [2.24, 2.45) is 5.73 Å². The number of nitrogens with zero attached hydrogens (tertiary/aromatic N) is 1. The van der Waals surface area contributed by atoms with E-state index >= 15 is 0 Å². The second-order valence-electron chi connectivity index (χ2n) is 3.31. The Bertz CT molecular complexity index is 166. The summed E-state index contributed by atoms with van der Waals surface area (Å²) in [5.41, 5.74) is 5.44. The number of amidine groups is 1. The maximum absolute atomic E-state index is 7.32. The Morgan fingerprint density at radius 3 is 2.83 bits per heavy atom. The van der Waals surface area contributed by atoms with Crippen molar-refractivity contribution < 1.29 is 0 Å². The average Bonchev–Trinajstić information content (AvgIpc) is 2.53. The van der Waals surface area contributed by atoms with E-state index in [1.54, 1.807) is 0 Å². The third-order valence-corrected chi connectivity index (χ3v) is 3.69. The fraction of sp³-hybridized carbons (Fsp3) is 0.875. The van der Waals surface area contributed by atoms with Gasteiger partial charge in [0.05, 0.1) is 6.04 Å². The molecule has 2 unspecified atom stereocenters. The summed E-state index contributed by atoms with van der Waals surface area (Å²) >= 11 is 1.99. The molecule has 1 saturated heterocycles. The van der Waals surface area contributed by atoms with Crippen molar-refractivity contribution in [3.63, 3.8) is 0 Å². The molecule has 3 nitrogen and oxygen atoms in total. The maximum atomic E-state index is 7.32. The lowest BCUT2D eigenvalue weighted by molar-refractivity contribution is 0.241. The molecule has 0 radical (unpaired) electrons. The quantitative estimate of drug-likeness (QED) is 0.506. The van der Waals surface area contributed by atoms with E-state index in [2.05, 4.69) is 11.9 Å². The molecule has 0 amide bonds. The molecule has 0 aromatic rings. The molecule has 1 aliphatic heterocycles. The third kappa shape index (κ3) is 2.14. The van der Waals surface area contributed by atoms with E-state index in [1.165, 1.54) is 17.9 Å². The topological polar surface area (TPSA) is 53.1 Å². The molecule has 70 valence electrons. The highest BCUT2D eigenvalue weighted by molar-refractivity contribution is 7.99. The summed E-state index contributed by atoms with van der Waals surface area (Å²) in [4.78, 5) is 2.21. The lowest BCUT2D eigenvalue weighted by atomic mass is 10.2. The van der Waals surface area contributed by atoms with Crippen LogP contribution in [0.25, 0.3) is 0 Å². The maximum Gasteiger partial charge on any atom is 0.108 e. The molecule has 12 heavy (non-hydrogen) atoms. The predicted octanol–water partition coefficient (Wildman–Crippen LogP) is 0.748. The van der Waals surface area contributed by atoms with Gasteiger partial charge in [-0.3, -0.25) is 10.3 Å². The van der Waals surface area contributed by atoms with Crippen LogP contribution in [0.5, 0.6) is 0 Å². The first-order valence-electron chi connectivity index (χ1n) is 4.26. The van der Waals surface area contributed by atoms with Crippen LogP contribution in [-0.4, -0.2) is 41.4 Å². The third-order valence-electron chi connectivity index (χ3n) is 2.54. The van der Waals surface area contributed by atoms with Crippen LogP contribution in [0.3, 0.4) is 0 Å². The molecule has 4 heteroatoms. The van der Waals surface area contributed by atoms with Crippen molar-refractivity contribution in [3.8, 4) is 0 Å². The SMILES string of the molecule is CC(C(=N)N)N(C)C1CCSC1. The van der Waals surface area contributed by atoms with Gasteiger partial charge in [-0.15, -0.1) is 0 Å². The first-order chi connectivity index (χ1) is 5.63. The zero-order valence-electron chi connectivity index (χ0n) is 7.71. The number of hydrogen-bond donors (Lipinski definition) is 2. The predicted molar refractivity (Wildman–Crippen MR) is 54.9 cm³/mol. The van der Waals surface area contributed by atoms with Crippen LogP contribution >= 0.6 is 11.8 Å². The van der Waals surface area contributed by atoms with E-state index in [0.717, 1.165) is 0 Å². The molecule has 0 bridgehead atoms. The van der Waals surface area contributed by atoms with Gasteiger partial charge < -0.3 is 5.73 Å². The highest BCUT2D eigenvalue weighted by Crippen LogP contribution is 2.22. The van der Waals surface area contributed by atoms with E-state index in [0.29, 0.717) is 6.04 Å². The Hall–Kier alpha value is -0.220. The van der Waals surface area contributed by atoms with Crippen LogP contribution < -0.4 is 5.73 Å². The van der Waals surface area contributed by atoms with Crippen molar-refractivity contribution in [2.75, 3.05) is 18.6 Å².